The van der Waals surface area contributed by atoms with Gasteiger partial charge < -0.3 is 0 Å². The van der Waals surface area contributed by atoms with E-state index in [-0.39, 0.29) is 27.1 Å². The normalized spacial score (nSPS) is 19.5. The molecule has 0 bridgehead atoms. The Hall–Kier alpha value is -0.0600. The summed E-state index contributed by atoms with van der Waals surface area (Å²) < 4.78 is 3.03. The average Bonchev–Trinajstić information content (AvgIpc) is 1.88. The third kappa shape index (κ3) is 1.71. The topological polar surface area (TPSA) is 20.3 Å². The molecular formula is C7H11INO-. The predicted molar refractivity (Wildman–Crippen MR) is 36.0 cm³/mol. The zero-order valence-corrected chi connectivity index (χ0v) is 8.33. The second kappa shape index (κ2) is 3.37. The summed E-state index contributed by atoms with van der Waals surface area (Å²) in [5.74, 6) is 0.181. The maximum absolute atomic E-state index is 11.1. The van der Waals surface area contributed by atoms with Crippen LogP contribution >= 0.6 is 0 Å². The quantitative estimate of drug-likeness (QED) is 0.294. The molecule has 0 aromatic heterocycles. The van der Waals surface area contributed by atoms with Crippen molar-refractivity contribution in [2.75, 3.05) is 4.55 Å². The first-order chi connectivity index (χ1) is 4.72. The molecule has 0 aliphatic carbocycles. The van der Waals surface area contributed by atoms with Crippen LogP contribution in [0.4, 0.5) is 0 Å². The number of alkyl halides is 1. The minimum atomic E-state index is 0.138. The maximum atomic E-state index is 11.1. The van der Waals surface area contributed by atoms with E-state index in [1.165, 1.54) is 0 Å². The Morgan fingerprint density at radius 3 is 2.80 bits per heavy atom. The van der Waals surface area contributed by atoms with E-state index in [0.29, 0.717) is 6.04 Å². The molecule has 0 unspecified atom stereocenters. The molecule has 1 aliphatic rings. The van der Waals surface area contributed by atoms with E-state index in [9.17, 15) is 4.79 Å². The molecule has 0 fully saturated rings. The Balaban J connectivity index is 2.61. The van der Waals surface area contributed by atoms with E-state index in [1.54, 1.807) is 6.08 Å². The van der Waals surface area contributed by atoms with Gasteiger partial charge in [0.25, 0.3) is 0 Å². The Labute approximate surface area is 71.5 Å². The summed E-state index contributed by atoms with van der Waals surface area (Å²) in [5.41, 5.74) is 0. The number of carbonyl (C=O) groups excluding carboxylic acids is 1. The van der Waals surface area contributed by atoms with Gasteiger partial charge in [-0.15, -0.1) is 0 Å². The van der Waals surface area contributed by atoms with Crippen LogP contribution in [0.5, 0.6) is 0 Å². The first-order valence-corrected chi connectivity index (χ1v) is 6.04. The summed E-state index contributed by atoms with van der Waals surface area (Å²) in [5, 5.41) is 0. The molecule has 0 spiro atoms. The zero-order valence-electron chi connectivity index (χ0n) is 6.17. The molecule has 3 heteroatoms. The van der Waals surface area contributed by atoms with Gasteiger partial charge in [0.15, 0.2) is 0 Å². The molecule has 1 rings (SSSR count). The minimum absolute atomic E-state index is 0.138. The third-order valence-electron chi connectivity index (χ3n) is 1.40. The number of nitrogens with zero attached hydrogens (tertiary/aromatic N) is 1. The van der Waals surface area contributed by atoms with Crippen molar-refractivity contribution in [3.63, 3.8) is 0 Å². The first kappa shape index (κ1) is 8.04. The average molecular weight is 252 g/mol. The molecule has 0 aromatic carbocycles. The van der Waals surface area contributed by atoms with Gasteiger partial charge in [-0.1, -0.05) is 0 Å². The van der Waals surface area contributed by atoms with Crippen LogP contribution in [0.15, 0.2) is 10.2 Å². The number of halogens is 1. The van der Waals surface area contributed by atoms with Gasteiger partial charge in [0, 0.05) is 0 Å². The second-order valence-corrected chi connectivity index (χ2v) is 4.75. The Morgan fingerprint density at radius 1 is 1.70 bits per heavy atom. The fourth-order valence-electron chi connectivity index (χ4n) is 0.760. The Bertz CT molecular complexity index is 165. The molecular weight excluding hydrogens is 241 g/mol. The van der Waals surface area contributed by atoms with E-state index in [2.05, 4.69) is 13.8 Å². The van der Waals surface area contributed by atoms with Crippen molar-refractivity contribution in [1.29, 1.82) is 0 Å². The van der Waals surface area contributed by atoms with Gasteiger partial charge in [-0.2, -0.15) is 0 Å². The number of rotatable bonds is 1. The van der Waals surface area contributed by atoms with E-state index in [1.807, 2.05) is 8.98 Å². The molecule has 0 N–H and O–H groups in total. The third-order valence-corrected chi connectivity index (χ3v) is 3.40. The number of hydrogen-bond acceptors (Lipinski definition) is 1. The van der Waals surface area contributed by atoms with Crippen LogP contribution in [-0.2, 0) is 4.79 Å². The SMILES string of the molecule is CC(C)N1C[I-]C=CC1=O. The molecule has 0 aromatic rings. The number of hydrogen-bond donors (Lipinski definition) is 0. The number of amides is 1. The molecule has 58 valence electrons. The van der Waals surface area contributed by atoms with Gasteiger partial charge in [0.05, 0.1) is 0 Å². The van der Waals surface area contributed by atoms with Crippen molar-refractivity contribution in [3.05, 3.63) is 10.2 Å². The van der Waals surface area contributed by atoms with Gasteiger partial charge in [-0.25, -0.2) is 0 Å². The second-order valence-electron chi connectivity index (χ2n) is 2.47. The van der Waals surface area contributed by atoms with E-state index < -0.39 is 0 Å². The van der Waals surface area contributed by atoms with Gasteiger partial charge in [-0.05, 0) is 0 Å². The van der Waals surface area contributed by atoms with Crippen LogP contribution in [0, 0.1) is 0 Å². The van der Waals surface area contributed by atoms with Gasteiger partial charge in [0.1, 0.15) is 0 Å². The van der Waals surface area contributed by atoms with Gasteiger partial charge >= 0.3 is 71.4 Å². The van der Waals surface area contributed by atoms with E-state index in [4.69, 9.17) is 0 Å². The molecule has 0 atom stereocenters. The van der Waals surface area contributed by atoms with Crippen LogP contribution < -0.4 is 21.2 Å². The summed E-state index contributed by atoms with van der Waals surface area (Å²) >= 11 is 0.138. The molecule has 1 heterocycles. The summed E-state index contributed by atoms with van der Waals surface area (Å²) in [6.45, 7) is 4.11. The van der Waals surface area contributed by atoms with Crippen molar-refractivity contribution in [3.8, 4) is 0 Å². The molecule has 0 saturated carbocycles. The van der Waals surface area contributed by atoms with Crippen LogP contribution in [-0.4, -0.2) is 21.4 Å². The summed E-state index contributed by atoms with van der Waals surface area (Å²) in [7, 11) is 0. The van der Waals surface area contributed by atoms with Crippen LogP contribution in [0.25, 0.3) is 0 Å². The first-order valence-electron chi connectivity index (χ1n) is 3.26. The zero-order chi connectivity index (χ0) is 7.56. The predicted octanol–water partition coefficient (Wildman–Crippen LogP) is -2.20. The molecule has 2 nitrogen and oxygen atoms in total. The van der Waals surface area contributed by atoms with E-state index in [0.717, 1.165) is 4.55 Å². The Kier molecular flexibility index (Phi) is 2.71. The fraction of sp³-hybridized carbons (Fsp3) is 0.571. The van der Waals surface area contributed by atoms with Crippen LogP contribution in [0.2, 0.25) is 0 Å². The van der Waals surface area contributed by atoms with Crippen molar-refractivity contribution in [2.24, 2.45) is 0 Å². The van der Waals surface area contributed by atoms with Crippen LogP contribution in [0.1, 0.15) is 13.8 Å². The molecule has 0 saturated heterocycles. The standard InChI is InChI=1S/C7H11INO/c1-6(2)9-5-8-4-3-7(9)10/h3-4,6H,5H2,1-2H3/q-1. The van der Waals surface area contributed by atoms with Crippen LogP contribution in [0.3, 0.4) is 0 Å². The molecule has 10 heavy (non-hydrogen) atoms. The van der Waals surface area contributed by atoms with Crippen molar-refractivity contribution >= 4 is 5.91 Å². The molecule has 1 aliphatic heterocycles. The van der Waals surface area contributed by atoms with Gasteiger partial charge in [-0.3, -0.25) is 0 Å². The van der Waals surface area contributed by atoms with Crippen molar-refractivity contribution in [2.45, 2.75) is 19.9 Å². The van der Waals surface area contributed by atoms with Gasteiger partial charge in [0.2, 0.25) is 0 Å². The molecule has 0 radical (unpaired) electrons. The Morgan fingerprint density at radius 2 is 2.40 bits per heavy atom. The fourth-order valence-corrected chi connectivity index (χ4v) is 3.10. The van der Waals surface area contributed by atoms with Crippen molar-refractivity contribution < 1.29 is 26.0 Å². The molecule has 1 amide bonds. The number of carbonyl (C=O) groups is 1. The summed E-state index contributed by atoms with van der Waals surface area (Å²) in [6, 6.07) is 0.372. The van der Waals surface area contributed by atoms with E-state index >= 15 is 0 Å². The summed E-state index contributed by atoms with van der Waals surface area (Å²) in [6.07, 6.45) is 1.71. The monoisotopic (exact) mass is 252 g/mol. The summed E-state index contributed by atoms with van der Waals surface area (Å²) in [4.78, 5) is 13.0. The van der Waals surface area contributed by atoms with Crippen molar-refractivity contribution in [1.82, 2.24) is 4.90 Å².